The van der Waals surface area contributed by atoms with Gasteiger partial charge >= 0.3 is 6.18 Å². The molecule has 1 aliphatic carbocycles. The van der Waals surface area contributed by atoms with Crippen LogP contribution in [0.4, 0.5) is 18.9 Å². The first-order chi connectivity index (χ1) is 9.82. The Morgan fingerprint density at radius 2 is 2.10 bits per heavy atom. The predicted molar refractivity (Wildman–Crippen MR) is 72.0 cm³/mol. The topological polar surface area (TPSA) is 55.2 Å². The van der Waals surface area contributed by atoms with Crippen molar-refractivity contribution in [2.75, 3.05) is 6.54 Å². The van der Waals surface area contributed by atoms with Crippen LogP contribution in [0.5, 0.6) is 0 Å². The second-order valence-corrected chi connectivity index (χ2v) is 5.31. The van der Waals surface area contributed by atoms with E-state index in [1.165, 1.54) is 6.07 Å². The third-order valence-electron chi connectivity index (χ3n) is 3.68. The van der Waals surface area contributed by atoms with Gasteiger partial charge in [0.15, 0.2) is 0 Å². The van der Waals surface area contributed by atoms with Crippen LogP contribution in [-0.2, 0) is 12.6 Å². The molecule has 0 radical (unpaired) electrons. The van der Waals surface area contributed by atoms with Gasteiger partial charge in [0.1, 0.15) is 5.56 Å². The molecular weight excluding hydrogens is 285 g/mol. The molecule has 0 bridgehead atoms. The van der Waals surface area contributed by atoms with Crippen molar-refractivity contribution >= 4 is 5.69 Å². The molecule has 1 N–H and O–H groups in total. The van der Waals surface area contributed by atoms with Crippen molar-refractivity contribution in [1.29, 1.82) is 0 Å². The Bertz CT molecular complexity index is 527. The smallest absolute Gasteiger partial charge is 0.314 e. The van der Waals surface area contributed by atoms with E-state index in [2.05, 4.69) is 5.32 Å². The summed E-state index contributed by atoms with van der Waals surface area (Å²) in [7, 11) is 0. The molecule has 2 rings (SSSR count). The average molecular weight is 302 g/mol. The molecule has 0 heterocycles. The number of likely N-dealkylation sites (N-methyl/N-ethyl adjacent to an activating group) is 1. The van der Waals surface area contributed by atoms with E-state index < -0.39 is 22.4 Å². The van der Waals surface area contributed by atoms with Crippen LogP contribution in [-0.4, -0.2) is 17.5 Å². The Hall–Kier alpha value is -1.63. The van der Waals surface area contributed by atoms with Gasteiger partial charge in [-0.05, 0) is 43.4 Å². The van der Waals surface area contributed by atoms with Crippen LogP contribution in [0.25, 0.3) is 0 Å². The van der Waals surface area contributed by atoms with E-state index in [0.29, 0.717) is 17.9 Å². The third-order valence-corrected chi connectivity index (χ3v) is 3.68. The van der Waals surface area contributed by atoms with Crippen LogP contribution in [0.3, 0.4) is 0 Å². The third kappa shape index (κ3) is 3.93. The van der Waals surface area contributed by atoms with E-state index in [0.717, 1.165) is 31.5 Å². The molecule has 0 spiro atoms. The number of hydrogen-bond donors (Lipinski definition) is 1. The largest absolute Gasteiger partial charge is 0.423 e. The van der Waals surface area contributed by atoms with Crippen LogP contribution in [0, 0.1) is 16.0 Å². The highest BCUT2D eigenvalue weighted by molar-refractivity contribution is 5.45. The summed E-state index contributed by atoms with van der Waals surface area (Å²) in [6.07, 6.45) is -2.10. The first-order valence-corrected chi connectivity index (χ1v) is 6.90. The van der Waals surface area contributed by atoms with Crippen molar-refractivity contribution in [2.45, 2.75) is 38.4 Å². The summed E-state index contributed by atoms with van der Waals surface area (Å²) in [5.74, 6) is 0.495. The fourth-order valence-electron chi connectivity index (χ4n) is 2.52. The number of nitro benzene ring substituents is 1. The lowest BCUT2D eigenvalue weighted by atomic mass is 9.99. The Balaban J connectivity index is 2.26. The minimum Gasteiger partial charge on any atom is -0.314 e. The highest BCUT2D eigenvalue weighted by atomic mass is 19.4. The van der Waals surface area contributed by atoms with E-state index in [-0.39, 0.29) is 6.04 Å². The number of hydrogen-bond acceptors (Lipinski definition) is 3. The first kappa shape index (κ1) is 15.8. The number of nitrogens with zero attached hydrogens (tertiary/aromatic N) is 1. The van der Waals surface area contributed by atoms with Gasteiger partial charge in [0.25, 0.3) is 5.69 Å². The van der Waals surface area contributed by atoms with Crippen LogP contribution in [0.15, 0.2) is 18.2 Å². The van der Waals surface area contributed by atoms with E-state index in [9.17, 15) is 23.3 Å². The lowest BCUT2D eigenvalue weighted by Crippen LogP contribution is -2.33. The van der Waals surface area contributed by atoms with Gasteiger partial charge in [-0.3, -0.25) is 10.1 Å². The van der Waals surface area contributed by atoms with E-state index in [4.69, 9.17) is 0 Å². The fraction of sp³-hybridized carbons (Fsp3) is 0.571. The zero-order chi connectivity index (χ0) is 15.6. The summed E-state index contributed by atoms with van der Waals surface area (Å²) in [5.41, 5.74) is -1.58. The van der Waals surface area contributed by atoms with Gasteiger partial charge in [-0.25, -0.2) is 0 Å². The number of nitro groups is 1. The first-order valence-electron chi connectivity index (χ1n) is 6.90. The molecule has 1 atom stereocenters. The van der Waals surface area contributed by atoms with Crippen molar-refractivity contribution in [3.05, 3.63) is 39.4 Å². The Morgan fingerprint density at radius 3 is 2.57 bits per heavy atom. The monoisotopic (exact) mass is 302 g/mol. The van der Waals surface area contributed by atoms with Gasteiger partial charge in [-0.1, -0.05) is 13.0 Å². The van der Waals surface area contributed by atoms with Gasteiger partial charge in [-0.2, -0.15) is 13.2 Å². The minimum atomic E-state index is -4.72. The van der Waals surface area contributed by atoms with Gasteiger partial charge in [0, 0.05) is 12.1 Å². The van der Waals surface area contributed by atoms with E-state index in [1.54, 1.807) is 0 Å². The van der Waals surface area contributed by atoms with Gasteiger partial charge in [-0.15, -0.1) is 0 Å². The molecule has 1 unspecified atom stereocenters. The molecule has 21 heavy (non-hydrogen) atoms. The maximum absolute atomic E-state index is 12.9. The normalized spacial score (nSPS) is 16.8. The van der Waals surface area contributed by atoms with Gasteiger partial charge in [0.2, 0.25) is 0 Å². The Labute approximate surface area is 120 Å². The number of nitrogens with one attached hydrogen (secondary N) is 1. The van der Waals surface area contributed by atoms with Crippen LogP contribution >= 0.6 is 0 Å². The molecule has 0 aliphatic heterocycles. The number of halogens is 3. The Kier molecular flexibility index (Phi) is 4.51. The fourth-order valence-corrected chi connectivity index (χ4v) is 2.52. The molecule has 1 fully saturated rings. The van der Waals surface area contributed by atoms with Gasteiger partial charge in [0.05, 0.1) is 4.92 Å². The molecule has 4 nitrogen and oxygen atoms in total. The summed E-state index contributed by atoms with van der Waals surface area (Å²) in [5, 5.41) is 14.0. The van der Waals surface area contributed by atoms with Crippen molar-refractivity contribution in [2.24, 2.45) is 5.92 Å². The highest BCUT2D eigenvalue weighted by Crippen LogP contribution is 2.38. The van der Waals surface area contributed by atoms with Crippen molar-refractivity contribution in [1.82, 2.24) is 5.32 Å². The lowest BCUT2D eigenvalue weighted by molar-refractivity contribution is -0.388. The van der Waals surface area contributed by atoms with Crippen molar-refractivity contribution in [3.8, 4) is 0 Å². The number of benzene rings is 1. The summed E-state index contributed by atoms with van der Waals surface area (Å²) in [6.45, 7) is 2.70. The molecule has 1 saturated carbocycles. The van der Waals surface area contributed by atoms with Crippen molar-refractivity contribution in [3.63, 3.8) is 0 Å². The molecule has 1 aromatic carbocycles. The predicted octanol–water partition coefficient (Wildman–Crippen LogP) is 3.54. The Morgan fingerprint density at radius 1 is 1.43 bits per heavy atom. The second kappa shape index (κ2) is 6.01. The molecular formula is C14H17F3N2O2. The quantitative estimate of drug-likeness (QED) is 0.646. The number of alkyl halides is 3. The lowest BCUT2D eigenvalue weighted by Gasteiger charge is -2.18. The van der Waals surface area contributed by atoms with Crippen molar-refractivity contribution < 1.29 is 18.1 Å². The zero-order valence-corrected chi connectivity index (χ0v) is 11.6. The molecule has 1 aromatic rings. The SMILES string of the molecule is CCNC(Cc1ccc([N+](=O)[O-])c(C(F)(F)F)c1)C1CC1. The molecule has 0 saturated heterocycles. The molecule has 0 aromatic heterocycles. The van der Waals surface area contributed by atoms with E-state index in [1.807, 2.05) is 6.92 Å². The molecule has 7 heteroatoms. The van der Waals surface area contributed by atoms with Gasteiger partial charge < -0.3 is 5.32 Å². The zero-order valence-electron chi connectivity index (χ0n) is 11.6. The second-order valence-electron chi connectivity index (χ2n) is 5.31. The molecule has 116 valence electrons. The standard InChI is InChI=1S/C14H17F3N2O2/c1-2-18-12(10-4-5-10)8-9-3-6-13(19(20)21)11(7-9)14(15,16)17/h3,6-7,10,12,18H,2,4-5,8H2,1H3. The summed E-state index contributed by atoms with van der Waals surface area (Å²) in [4.78, 5) is 9.73. The summed E-state index contributed by atoms with van der Waals surface area (Å²) < 4.78 is 38.8. The van der Waals surface area contributed by atoms with E-state index >= 15 is 0 Å². The maximum atomic E-state index is 12.9. The minimum absolute atomic E-state index is 0.137. The number of rotatable bonds is 6. The highest BCUT2D eigenvalue weighted by Gasteiger charge is 2.39. The van der Waals surface area contributed by atoms with Crippen LogP contribution < -0.4 is 5.32 Å². The molecule has 0 amide bonds. The summed E-state index contributed by atoms with van der Waals surface area (Å²) in [6, 6.07) is 3.41. The van der Waals surface area contributed by atoms with Crippen LogP contribution in [0.1, 0.15) is 30.9 Å². The molecule has 1 aliphatic rings. The average Bonchev–Trinajstić information content (AvgIpc) is 3.21. The van der Waals surface area contributed by atoms with Crippen LogP contribution in [0.2, 0.25) is 0 Å². The summed E-state index contributed by atoms with van der Waals surface area (Å²) >= 11 is 0. The maximum Gasteiger partial charge on any atom is 0.423 e.